The Bertz CT molecular complexity index is 299. The molecule has 0 aliphatic heterocycles. The normalized spacial score (nSPS) is 33.6. The molecule has 2 N–H and O–H groups in total. The van der Waals surface area contributed by atoms with Crippen LogP contribution < -0.4 is 5.73 Å². The van der Waals surface area contributed by atoms with Crippen LogP contribution in [0.5, 0.6) is 0 Å². The molecule has 3 nitrogen and oxygen atoms in total. The highest BCUT2D eigenvalue weighted by atomic mass is 16.2. The summed E-state index contributed by atoms with van der Waals surface area (Å²) in [6.45, 7) is 2.99. The van der Waals surface area contributed by atoms with Gasteiger partial charge in [-0.2, -0.15) is 0 Å². The zero-order valence-electron chi connectivity index (χ0n) is 12.0. The van der Waals surface area contributed by atoms with Crippen LogP contribution in [0.2, 0.25) is 0 Å². The fraction of sp³-hybridized carbons (Fsp3) is 0.933. The first-order valence-electron chi connectivity index (χ1n) is 7.55. The first-order chi connectivity index (χ1) is 8.54. The van der Waals surface area contributed by atoms with Crippen LogP contribution in [0.15, 0.2) is 0 Å². The predicted octanol–water partition coefficient (Wildman–Crippen LogP) is 2.54. The number of nitrogens with two attached hydrogens (primary N) is 1. The molecule has 0 bridgehead atoms. The molecular weight excluding hydrogens is 224 g/mol. The zero-order valence-corrected chi connectivity index (χ0v) is 12.0. The van der Waals surface area contributed by atoms with Gasteiger partial charge in [-0.15, -0.1) is 0 Å². The third kappa shape index (κ3) is 2.71. The summed E-state index contributed by atoms with van der Waals surface area (Å²) in [5.74, 6) is 0.993. The van der Waals surface area contributed by atoms with Crippen molar-refractivity contribution in [3.05, 3.63) is 0 Å². The minimum atomic E-state index is -0.302. The van der Waals surface area contributed by atoms with E-state index in [9.17, 15) is 4.79 Å². The Morgan fingerprint density at radius 1 is 1.22 bits per heavy atom. The van der Waals surface area contributed by atoms with Crippen molar-refractivity contribution < 1.29 is 4.79 Å². The highest BCUT2D eigenvalue weighted by Crippen LogP contribution is 2.38. The van der Waals surface area contributed by atoms with Crippen molar-refractivity contribution in [3.63, 3.8) is 0 Å². The van der Waals surface area contributed by atoms with Crippen LogP contribution in [0.25, 0.3) is 0 Å². The average molecular weight is 252 g/mol. The summed E-state index contributed by atoms with van der Waals surface area (Å²) in [4.78, 5) is 14.6. The Balaban J connectivity index is 1.91. The fourth-order valence-corrected chi connectivity index (χ4v) is 3.73. The second-order valence-electron chi connectivity index (χ2n) is 6.61. The third-order valence-corrected chi connectivity index (χ3v) is 5.12. The molecule has 2 rings (SSSR count). The number of hydrogen-bond acceptors (Lipinski definition) is 2. The van der Waals surface area contributed by atoms with Crippen molar-refractivity contribution in [1.82, 2.24) is 4.90 Å². The van der Waals surface area contributed by atoms with Crippen molar-refractivity contribution in [2.24, 2.45) is 17.1 Å². The Morgan fingerprint density at radius 2 is 1.89 bits per heavy atom. The zero-order chi connectivity index (χ0) is 13.2. The smallest absolute Gasteiger partial charge is 0.229 e. The Labute approximate surface area is 111 Å². The lowest BCUT2D eigenvalue weighted by molar-refractivity contribution is -0.141. The van der Waals surface area contributed by atoms with Crippen LogP contribution in [0.1, 0.15) is 58.3 Å². The second kappa shape index (κ2) is 5.60. The molecule has 0 aromatic heterocycles. The maximum Gasteiger partial charge on any atom is 0.229 e. The number of carbonyl (C=O) groups excluding carboxylic acids is 1. The van der Waals surface area contributed by atoms with Crippen molar-refractivity contribution in [2.45, 2.75) is 64.3 Å². The fourth-order valence-electron chi connectivity index (χ4n) is 3.73. The van der Waals surface area contributed by atoms with Crippen molar-refractivity contribution in [2.75, 3.05) is 13.6 Å². The van der Waals surface area contributed by atoms with E-state index in [4.69, 9.17) is 5.73 Å². The minimum absolute atomic E-state index is 0.0544. The van der Waals surface area contributed by atoms with Gasteiger partial charge in [-0.1, -0.05) is 25.7 Å². The molecule has 0 saturated heterocycles. The van der Waals surface area contributed by atoms with Gasteiger partial charge in [0.15, 0.2) is 0 Å². The summed E-state index contributed by atoms with van der Waals surface area (Å²) < 4.78 is 0. The molecule has 2 atom stereocenters. The molecule has 104 valence electrons. The lowest BCUT2D eigenvalue weighted by Gasteiger charge is -2.35. The third-order valence-electron chi connectivity index (χ3n) is 5.12. The quantitative estimate of drug-likeness (QED) is 0.839. The molecule has 0 heterocycles. The van der Waals surface area contributed by atoms with Gasteiger partial charge in [0.25, 0.3) is 0 Å². The van der Waals surface area contributed by atoms with E-state index in [-0.39, 0.29) is 17.4 Å². The molecule has 2 fully saturated rings. The van der Waals surface area contributed by atoms with Crippen LogP contribution in [0.3, 0.4) is 0 Å². The van der Waals surface area contributed by atoms with Gasteiger partial charge in [-0.3, -0.25) is 4.79 Å². The van der Waals surface area contributed by atoms with E-state index in [0.717, 1.165) is 25.8 Å². The maximum absolute atomic E-state index is 12.6. The summed E-state index contributed by atoms with van der Waals surface area (Å²) >= 11 is 0. The van der Waals surface area contributed by atoms with E-state index >= 15 is 0 Å². The van der Waals surface area contributed by atoms with Gasteiger partial charge in [0.05, 0.1) is 5.41 Å². The molecule has 0 radical (unpaired) electrons. The van der Waals surface area contributed by atoms with E-state index in [2.05, 4.69) is 6.92 Å². The molecule has 0 spiro atoms. The number of amides is 1. The predicted molar refractivity (Wildman–Crippen MR) is 74.1 cm³/mol. The lowest BCUT2D eigenvalue weighted by Crippen LogP contribution is -2.49. The maximum atomic E-state index is 12.6. The Morgan fingerprint density at radius 3 is 2.44 bits per heavy atom. The summed E-state index contributed by atoms with van der Waals surface area (Å²) in [7, 11) is 1.97. The SMILES string of the molecule is CN(CC1CCCCC1)C(=O)C1(C)CCCC1N. The molecule has 2 saturated carbocycles. The molecular formula is C15H28N2O. The molecule has 3 heteroatoms. The van der Waals surface area contributed by atoms with Gasteiger partial charge in [0.2, 0.25) is 5.91 Å². The van der Waals surface area contributed by atoms with Gasteiger partial charge >= 0.3 is 0 Å². The molecule has 0 aromatic carbocycles. The van der Waals surface area contributed by atoms with Crippen molar-refractivity contribution in [1.29, 1.82) is 0 Å². The van der Waals surface area contributed by atoms with Gasteiger partial charge in [-0.05, 0) is 38.5 Å². The molecule has 2 aliphatic carbocycles. The summed E-state index contributed by atoms with van der Waals surface area (Å²) in [6, 6.07) is 0.0544. The summed E-state index contributed by atoms with van der Waals surface area (Å²) in [5, 5.41) is 0. The van der Waals surface area contributed by atoms with Crippen LogP contribution in [0.4, 0.5) is 0 Å². The molecule has 0 aromatic rings. The van der Waals surface area contributed by atoms with E-state index in [0.29, 0.717) is 5.92 Å². The Hall–Kier alpha value is -0.570. The largest absolute Gasteiger partial charge is 0.345 e. The van der Waals surface area contributed by atoms with Gasteiger partial charge in [-0.25, -0.2) is 0 Å². The number of carbonyl (C=O) groups is 1. The van der Waals surface area contributed by atoms with Crippen LogP contribution in [-0.4, -0.2) is 30.4 Å². The van der Waals surface area contributed by atoms with Crippen LogP contribution in [-0.2, 0) is 4.79 Å². The lowest BCUT2D eigenvalue weighted by atomic mass is 9.83. The highest BCUT2D eigenvalue weighted by molar-refractivity contribution is 5.83. The first kappa shape index (κ1) is 13.9. The topological polar surface area (TPSA) is 46.3 Å². The van der Waals surface area contributed by atoms with E-state index in [1.54, 1.807) is 0 Å². The number of rotatable bonds is 3. The van der Waals surface area contributed by atoms with Crippen LogP contribution in [0, 0.1) is 11.3 Å². The molecule has 18 heavy (non-hydrogen) atoms. The van der Waals surface area contributed by atoms with Gasteiger partial charge in [0.1, 0.15) is 0 Å². The first-order valence-corrected chi connectivity index (χ1v) is 7.55. The number of nitrogens with zero attached hydrogens (tertiary/aromatic N) is 1. The Kier molecular flexibility index (Phi) is 4.31. The summed E-state index contributed by atoms with van der Waals surface area (Å²) in [6.07, 6.45) is 9.69. The molecule has 1 amide bonds. The molecule has 2 unspecified atom stereocenters. The standard InChI is InChI=1S/C15H28N2O/c1-15(10-6-9-13(15)16)14(18)17(2)11-12-7-4-3-5-8-12/h12-13H,3-11,16H2,1-2H3. The average Bonchev–Trinajstić information content (AvgIpc) is 2.71. The van der Waals surface area contributed by atoms with E-state index in [1.165, 1.54) is 32.1 Å². The van der Waals surface area contributed by atoms with Crippen LogP contribution >= 0.6 is 0 Å². The van der Waals surface area contributed by atoms with Crippen molar-refractivity contribution in [3.8, 4) is 0 Å². The highest BCUT2D eigenvalue weighted by Gasteiger charge is 2.44. The monoisotopic (exact) mass is 252 g/mol. The number of hydrogen-bond donors (Lipinski definition) is 1. The van der Waals surface area contributed by atoms with Gasteiger partial charge < -0.3 is 10.6 Å². The van der Waals surface area contributed by atoms with E-state index in [1.807, 2.05) is 11.9 Å². The van der Waals surface area contributed by atoms with Crippen molar-refractivity contribution >= 4 is 5.91 Å². The minimum Gasteiger partial charge on any atom is -0.345 e. The molecule has 2 aliphatic rings. The van der Waals surface area contributed by atoms with Gasteiger partial charge in [0, 0.05) is 19.6 Å². The van der Waals surface area contributed by atoms with E-state index < -0.39 is 0 Å². The second-order valence-corrected chi connectivity index (χ2v) is 6.61. The summed E-state index contributed by atoms with van der Waals surface area (Å²) in [5.41, 5.74) is 5.84.